The Hall–Kier alpha value is -4.48. The highest BCUT2D eigenvalue weighted by molar-refractivity contribution is 5.77. The van der Waals surface area contributed by atoms with Crippen molar-refractivity contribution in [3.05, 3.63) is 83.6 Å². The van der Waals surface area contributed by atoms with Crippen LogP contribution in [0.3, 0.4) is 0 Å². The number of rotatable bonds is 6. The second kappa shape index (κ2) is 9.29. The third-order valence-corrected chi connectivity index (χ3v) is 5.44. The van der Waals surface area contributed by atoms with Gasteiger partial charge in [0.1, 0.15) is 34.6 Å². The normalized spacial score (nSPS) is 11.4. The van der Waals surface area contributed by atoms with E-state index in [-0.39, 0.29) is 23.6 Å². The topological polar surface area (TPSA) is 80.5 Å². The van der Waals surface area contributed by atoms with Crippen LogP contribution in [0.4, 0.5) is 22.0 Å². The number of hydrogen-bond acceptors (Lipinski definition) is 5. The number of alkyl halides is 2. The quantitative estimate of drug-likeness (QED) is 0.270. The van der Waals surface area contributed by atoms with Gasteiger partial charge in [-0.25, -0.2) is 18.2 Å². The molecule has 0 radical (unpaired) electrons. The summed E-state index contributed by atoms with van der Waals surface area (Å²) in [6.45, 7) is -1.46. The Balaban J connectivity index is 1.36. The molecule has 0 aliphatic rings. The molecular weight excluding hydrogens is 483 g/mol. The highest BCUT2D eigenvalue weighted by Crippen LogP contribution is 2.29. The second-order valence-corrected chi connectivity index (χ2v) is 7.83. The van der Waals surface area contributed by atoms with E-state index in [0.29, 0.717) is 33.7 Å². The van der Waals surface area contributed by atoms with E-state index in [1.54, 1.807) is 42.2 Å². The number of aromatic nitrogens is 6. The van der Waals surface area contributed by atoms with Crippen LogP contribution < -0.4 is 9.42 Å². The predicted molar refractivity (Wildman–Crippen MR) is 117 cm³/mol. The van der Waals surface area contributed by atoms with Crippen molar-refractivity contribution in [1.82, 2.24) is 25.3 Å². The molecule has 2 aromatic carbocycles. The van der Waals surface area contributed by atoms with Crippen LogP contribution in [0.1, 0.15) is 11.3 Å². The van der Waals surface area contributed by atoms with E-state index in [1.807, 2.05) is 0 Å². The number of hydrogen-bond donors (Lipinski definition) is 1. The molecule has 0 fully saturated rings. The molecule has 3 aromatic heterocycles. The first-order valence-electron chi connectivity index (χ1n) is 10.6. The Kier molecular flexibility index (Phi) is 6.00. The molecule has 12 heteroatoms. The van der Waals surface area contributed by atoms with Crippen molar-refractivity contribution in [3.8, 4) is 28.4 Å². The lowest BCUT2D eigenvalue weighted by molar-refractivity contribution is -0.745. The number of imidazole rings is 1. The predicted octanol–water partition coefficient (Wildman–Crippen LogP) is 4.74. The molecule has 7 nitrogen and oxygen atoms in total. The van der Waals surface area contributed by atoms with Gasteiger partial charge in [0.25, 0.3) is 0 Å². The summed E-state index contributed by atoms with van der Waals surface area (Å²) in [5.74, 6) is -3.54. The Morgan fingerprint density at radius 3 is 2.47 bits per heavy atom. The summed E-state index contributed by atoms with van der Waals surface area (Å²) < 4.78 is 72.1. The van der Waals surface area contributed by atoms with Gasteiger partial charge in [-0.2, -0.15) is 13.9 Å². The monoisotopic (exact) mass is 499 g/mol. The minimum atomic E-state index is -3.36. The molecule has 0 unspecified atom stereocenters. The van der Waals surface area contributed by atoms with E-state index < -0.39 is 24.0 Å². The van der Waals surface area contributed by atoms with Crippen LogP contribution in [0.15, 0.2) is 54.9 Å². The Labute approximate surface area is 200 Å². The fourth-order valence-corrected chi connectivity index (χ4v) is 3.66. The molecule has 36 heavy (non-hydrogen) atoms. The van der Waals surface area contributed by atoms with Gasteiger partial charge in [0.2, 0.25) is 12.7 Å². The van der Waals surface area contributed by atoms with Gasteiger partial charge in [0.15, 0.2) is 17.4 Å². The number of fused-ring (bicyclic) bond motifs is 1. The zero-order valence-corrected chi connectivity index (χ0v) is 18.5. The Bertz CT molecular complexity index is 1550. The van der Waals surface area contributed by atoms with Gasteiger partial charge in [-0.1, -0.05) is 16.8 Å². The fraction of sp³-hybridized carbons (Fsp3) is 0.125. The van der Waals surface area contributed by atoms with Gasteiger partial charge in [0.05, 0.1) is 5.69 Å². The van der Waals surface area contributed by atoms with Crippen molar-refractivity contribution in [2.24, 2.45) is 0 Å². The number of benzene rings is 2. The van der Waals surface area contributed by atoms with Crippen LogP contribution in [0.25, 0.3) is 33.7 Å². The molecule has 0 saturated carbocycles. The van der Waals surface area contributed by atoms with E-state index in [2.05, 4.69) is 30.0 Å². The number of halogens is 5. The van der Waals surface area contributed by atoms with Gasteiger partial charge < -0.3 is 9.72 Å². The van der Waals surface area contributed by atoms with Crippen LogP contribution in [0, 0.1) is 24.4 Å². The number of ether oxygens (including phenoxy) is 1. The minimum Gasteiger partial charge on any atom is -0.429 e. The summed E-state index contributed by atoms with van der Waals surface area (Å²) in [4.78, 5) is 7.64. The van der Waals surface area contributed by atoms with E-state index in [0.717, 1.165) is 12.1 Å². The van der Waals surface area contributed by atoms with Crippen molar-refractivity contribution in [2.75, 3.05) is 0 Å². The van der Waals surface area contributed by atoms with Crippen molar-refractivity contribution in [3.63, 3.8) is 0 Å². The maximum atomic E-state index is 14.0. The Morgan fingerprint density at radius 1 is 1.00 bits per heavy atom. The van der Waals surface area contributed by atoms with Crippen LogP contribution in [-0.4, -0.2) is 31.9 Å². The lowest BCUT2D eigenvalue weighted by atomic mass is 10.1. The van der Waals surface area contributed by atoms with Gasteiger partial charge in [-0.15, -0.1) is 5.10 Å². The van der Waals surface area contributed by atoms with Crippen molar-refractivity contribution >= 4 is 11.0 Å². The maximum absolute atomic E-state index is 14.0. The van der Waals surface area contributed by atoms with Gasteiger partial charge in [0, 0.05) is 11.1 Å². The first-order valence-corrected chi connectivity index (χ1v) is 10.6. The van der Waals surface area contributed by atoms with Gasteiger partial charge in [-0.05, 0) is 47.9 Å². The summed E-state index contributed by atoms with van der Waals surface area (Å²) in [7, 11) is 0. The highest BCUT2D eigenvalue weighted by Gasteiger charge is 2.19. The zero-order chi connectivity index (χ0) is 25.4. The first kappa shape index (κ1) is 23.3. The third-order valence-electron chi connectivity index (χ3n) is 5.44. The summed E-state index contributed by atoms with van der Waals surface area (Å²) in [5.41, 5.74) is 3.02. The van der Waals surface area contributed by atoms with E-state index >= 15 is 0 Å². The summed E-state index contributed by atoms with van der Waals surface area (Å²) in [6, 6.07) is 9.52. The fourth-order valence-electron chi connectivity index (χ4n) is 3.66. The third kappa shape index (κ3) is 4.57. The first-order chi connectivity index (χ1) is 17.3. The smallest absolute Gasteiger partial charge is 0.387 e. The molecule has 1 N–H and O–H groups in total. The number of nitrogens with one attached hydrogen (secondary N) is 1. The average molecular weight is 499 g/mol. The lowest BCUT2D eigenvalue weighted by Gasteiger charge is -2.08. The average Bonchev–Trinajstić information content (AvgIpc) is 3.26. The van der Waals surface area contributed by atoms with Crippen molar-refractivity contribution < 1.29 is 31.4 Å². The lowest BCUT2D eigenvalue weighted by Crippen LogP contribution is -2.38. The number of H-pyrrole nitrogens is 1. The van der Waals surface area contributed by atoms with Crippen molar-refractivity contribution in [2.45, 2.75) is 20.1 Å². The molecule has 0 spiro atoms. The molecule has 0 amide bonds. The molecule has 182 valence electrons. The van der Waals surface area contributed by atoms with Crippen LogP contribution in [-0.2, 0) is 6.54 Å². The molecule has 0 bridgehead atoms. The van der Waals surface area contributed by atoms with E-state index in [9.17, 15) is 22.0 Å². The number of nitrogens with zero attached hydrogens (tertiary/aromatic N) is 5. The number of aromatic amines is 1. The molecule has 0 aliphatic heterocycles. The van der Waals surface area contributed by atoms with E-state index in [4.69, 9.17) is 0 Å². The molecule has 3 heterocycles. The summed E-state index contributed by atoms with van der Waals surface area (Å²) >= 11 is 0. The SMILES string of the molecule is Cc1c(F)cccc1-c1nc2cn[n+](Cc3ccc(-c4cc(F)c(OC(F)F)c(F)c4)nn3)cc2[nH]1. The summed E-state index contributed by atoms with van der Waals surface area (Å²) in [5, 5.41) is 12.3. The molecule has 5 aromatic rings. The van der Waals surface area contributed by atoms with Crippen LogP contribution >= 0.6 is 0 Å². The van der Waals surface area contributed by atoms with Gasteiger partial charge >= 0.3 is 6.61 Å². The standard InChI is InChI=1S/C24H15F5N6O/c1-12-15(3-2-4-16(12)25)23-31-20-9-30-35(11-21(20)32-23)10-14-5-6-19(34-33-14)13-7-17(26)22(18(27)8-13)36-24(28)29/h2-9,11,24H,10H2,1H3/p+1. The minimum absolute atomic E-state index is 0.00972. The molecule has 5 rings (SSSR count). The van der Waals surface area contributed by atoms with Crippen molar-refractivity contribution in [1.29, 1.82) is 0 Å². The van der Waals surface area contributed by atoms with E-state index in [1.165, 1.54) is 12.1 Å². The molecule has 0 saturated heterocycles. The molecule has 0 aliphatic carbocycles. The van der Waals surface area contributed by atoms with Crippen LogP contribution in [0.2, 0.25) is 0 Å². The summed E-state index contributed by atoms with van der Waals surface area (Å²) in [6.07, 6.45) is 3.27. The highest BCUT2D eigenvalue weighted by atomic mass is 19.3. The largest absolute Gasteiger partial charge is 0.429 e. The molecule has 0 atom stereocenters. The Morgan fingerprint density at radius 2 is 1.78 bits per heavy atom. The second-order valence-electron chi connectivity index (χ2n) is 7.83. The van der Waals surface area contributed by atoms with Crippen LogP contribution in [0.5, 0.6) is 5.75 Å². The zero-order valence-electron chi connectivity index (χ0n) is 18.5. The molecular formula is C24H16F5N6O+. The van der Waals surface area contributed by atoms with Gasteiger partial charge in [-0.3, -0.25) is 0 Å². The maximum Gasteiger partial charge on any atom is 0.387 e.